The summed E-state index contributed by atoms with van der Waals surface area (Å²) in [6.07, 6.45) is 1.34. The number of hydrogen-bond acceptors (Lipinski definition) is 4. The molecule has 1 saturated heterocycles. The van der Waals surface area contributed by atoms with Gasteiger partial charge in [-0.25, -0.2) is 9.18 Å². The van der Waals surface area contributed by atoms with Gasteiger partial charge in [0.1, 0.15) is 18.2 Å². The van der Waals surface area contributed by atoms with Gasteiger partial charge < -0.3 is 19.7 Å². The van der Waals surface area contributed by atoms with Crippen LogP contribution in [0.25, 0.3) is 0 Å². The first-order valence-electron chi connectivity index (χ1n) is 8.21. The molecule has 24 heavy (non-hydrogen) atoms. The molecule has 1 aromatic rings. The van der Waals surface area contributed by atoms with Gasteiger partial charge in [-0.3, -0.25) is 0 Å². The number of benzene rings is 1. The lowest BCUT2D eigenvalue weighted by molar-refractivity contribution is 0.0706. The minimum Gasteiger partial charge on any atom is -0.494 e. The second-order valence-electron chi connectivity index (χ2n) is 5.62. The second kappa shape index (κ2) is 10.4. The first kappa shape index (κ1) is 20.5. The maximum absolute atomic E-state index is 13.9. The third kappa shape index (κ3) is 5.53. The molecule has 5 nitrogen and oxygen atoms in total. The van der Waals surface area contributed by atoms with Crippen LogP contribution in [0.15, 0.2) is 18.2 Å². The van der Waals surface area contributed by atoms with Crippen LogP contribution in [-0.4, -0.2) is 43.3 Å². The number of nitrogens with one attached hydrogen (secondary N) is 1. The Kier molecular flexibility index (Phi) is 8.85. The van der Waals surface area contributed by atoms with E-state index in [-0.39, 0.29) is 25.1 Å². The van der Waals surface area contributed by atoms with Crippen molar-refractivity contribution in [3.63, 3.8) is 0 Å². The molecular formula is C17H26ClFN2O3. The zero-order chi connectivity index (χ0) is 16.7. The highest BCUT2D eigenvalue weighted by molar-refractivity contribution is 5.85. The average molecular weight is 361 g/mol. The zero-order valence-corrected chi connectivity index (χ0v) is 15.0. The minimum absolute atomic E-state index is 0. The van der Waals surface area contributed by atoms with E-state index in [9.17, 15) is 9.18 Å². The third-order valence-electron chi connectivity index (χ3n) is 3.90. The Morgan fingerprint density at radius 3 is 2.92 bits per heavy atom. The summed E-state index contributed by atoms with van der Waals surface area (Å²) in [6.45, 7) is 6.65. The molecule has 1 unspecified atom stereocenters. The number of piperazine rings is 1. The van der Waals surface area contributed by atoms with Gasteiger partial charge in [-0.05, 0) is 31.0 Å². The number of rotatable bonds is 6. The van der Waals surface area contributed by atoms with E-state index in [1.165, 1.54) is 6.07 Å². The number of nitrogens with zero attached hydrogens (tertiary/aromatic N) is 1. The second-order valence-corrected chi connectivity index (χ2v) is 5.62. The van der Waals surface area contributed by atoms with Gasteiger partial charge in [0, 0.05) is 31.2 Å². The molecule has 1 atom stereocenters. The first-order chi connectivity index (χ1) is 11.2. The smallest absolute Gasteiger partial charge is 0.410 e. The summed E-state index contributed by atoms with van der Waals surface area (Å²) in [4.78, 5) is 13.9. The fourth-order valence-corrected chi connectivity index (χ4v) is 2.56. The van der Waals surface area contributed by atoms with Crippen molar-refractivity contribution < 1.29 is 18.7 Å². The van der Waals surface area contributed by atoms with E-state index in [4.69, 9.17) is 9.47 Å². The number of hydrogen-bond donors (Lipinski definition) is 1. The zero-order valence-electron chi connectivity index (χ0n) is 14.2. The van der Waals surface area contributed by atoms with Gasteiger partial charge >= 0.3 is 6.09 Å². The van der Waals surface area contributed by atoms with E-state index in [2.05, 4.69) is 5.32 Å². The van der Waals surface area contributed by atoms with Crippen LogP contribution in [0.2, 0.25) is 0 Å². The van der Waals surface area contributed by atoms with Crippen LogP contribution in [-0.2, 0) is 11.3 Å². The van der Waals surface area contributed by atoms with Crippen LogP contribution in [0.5, 0.6) is 5.75 Å². The average Bonchev–Trinajstić information content (AvgIpc) is 2.59. The number of amides is 1. The molecule has 136 valence electrons. The number of carbonyl (C=O) groups is 1. The van der Waals surface area contributed by atoms with Gasteiger partial charge in [-0.15, -0.1) is 12.4 Å². The number of halogens is 2. The van der Waals surface area contributed by atoms with Gasteiger partial charge in [0.05, 0.1) is 6.61 Å². The summed E-state index contributed by atoms with van der Waals surface area (Å²) in [7, 11) is 0. The monoisotopic (exact) mass is 360 g/mol. The Balaban J connectivity index is 0.00000288. The lowest BCUT2D eigenvalue weighted by atomic mass is 10.1. The van der Waals surface area contributed by atoms with Crippen molar-refractivity contribution in [3.8, 4) is 5.75 Å². The highest BCUT2D eigenvalue weighted by Gasteiger charge is 2.26. The molecule has 0 saturated carbocycles. The van der Waals surface area contributed by atoms with E-state index in [1.54, 1.807) is 17.0 Å². The molecule has 1 amide bonds. The maximum atomic E-state index is 13.9. The Morgan fingerprint density at radius 2 is 2.21 bits per heavy atom. The fourth-order valence-electron chi connectivity index (χ4n) is 2.56. The molecule has 0 aromatic heterocycles. The molecule has 1 heterocycles. The van der Waals surface area contributed by atoms with Crippen molar-refractivity contribution in [2.45, 2.75) is 39.3 Å². The molecule has 1 aliphatic heterocycles. The largest absolute Gasteiger partial charge is 0.494 e. The first-order valence-corrected chi connectivity index (χ1v) is 8.21. The molecule has 1 fully saturated rings. The molecule has 1 aliphatic rings. The third-order valence-corrected chi connectivity index (χ3v) is 3.90. The summed E-state index contributed by atoms with van der Waals surface area (Å²) in [5.74, 6) is 0.196. The molecule has 1 aromatic carbocycles. The standard InChI is InChI=1S/C17H25FN2O3.ClH/c1-3-9-22-15-5-6-16(18)13(10-15)12-23-17(21)20-8-7-19-11-14(20)4-2;/h5-6,10,14,19H,3-4,7-9,11-12H2,1-2H3;1H. The van der Waals surface area contributed by atoms with E-state index >= 15 is 0 Å². The van der Waals surface area contributed by atoms with Crippen molar-refractivity contribution in [1.82, 2.24) is 10.2 Å². The van der Waals surface area contributed by atoms with Crippen LogP contribution < -0.4 is 10.1 Å². The predicted octanol–water partition coefficient (Wildman–Crippen LogP) is 3.36. The molecule has 1 N–H and O–H groups in total. The van der Waals surface area contributed by atoms with Gasteiger partial charge in [-0.2, -0.15) is 0 Å². The SMILES string of the molecule is CCCOc1ccc(F)c(COC(=O)N2CCNCC2CC)c1.Cl. The molecule has 2 rings (SSSR count). The Bertz CT molecular complexity index is 531. The molecule has 0 bridgehead atoms. The van der Waals surface area contributed by atoms with Crippen molar-refractivity contribution >= 4 is 18.5 Å². The molecule has 0 radical (unpaired) electrons. The summed E-state index contributed by atoms with van der Waals surface area (Å²) in [5, 5.41) is 3.25. The van der Waals surface area contributed by atoms with Crippen molar-refractivity contribution in [2.75, 3.05) is 26.2 Å². The van der Waals surface area contributed by atoms with E-state index in [1.807, 2.05) is 13.8 Å². The van der Waals surface area contributed by atoms with E-state index in [0.29, 0.717) is 24.5 Å². The van der Waals surface area contributed by atoms with Gasteiger partial charge in [-0.1, -0.05) is 13.8 Å². The quantitative estimate of drug-likeness (QED) is 0.845. The van der Waals surface area contributed by atoms with Crippen LogP contribution in [0.4, 0.5) is 9.18 Å². The van der Waals surface area contributed by atoms with Crippen LogP contribution in [0, 0.1) is 5.82 Å². The summed E-state index contributed by atoms with van der Waals surface area (Å²) >= 11 is 0. The normalized spacial score (nSPS) is 17.1. The topological polar surface area (TPSA) is 50.8 Å². The van der Waals surface area contributed by atoms with E-state index in [0.717, 1.165) is 25.9 Å². The van der Waals surface area contributed by atoms with Gasteiger partial charge in [0.25, 0.3) is 0 Å². The Morgan fingerprint density at radius 1 is 1.42 bits per heavy atom. The molecule has 0 aliphatic carbocycles. The van der Waals surface area contributed by atoms with Crippen molar-refractivity contribution in [2.24, 2.45) is 0 Å². The van der Waals surface area contributed by atoms with Crippen LogP contribution in [0.1, 0.15) is 32.3 Å². The lowest BCUT2D eigenvalue weighted by Gasteiger charge is -2.34. The highest BCUT2D eigenvalue weighted by Crippen LogP contribution is 2.19. The van der Waals surface area contributed by atoms with Crippen LogP contribution >= 0.6 is 12.4 Å². The number of ether oxygens (including phenoxy) is 2. The Hall–Kier alpha value is -1.53. The van der Waals surface area contributed by atoms with Crippen molar-refractivity contribution in [3.05, 3.63) is 29.6 Å². The number of carbonyl (C=O) groups excluding carboxylic acids is 1. The maximum Gasteiger partial charge on any atom is 0.410 e. The lowest BCUT2D eigenvalue weighted by Crippen LogP contribution is -2.53. The molecule has 0 spiro atoms. The van der Waals surface area contributed by atoms with Gasteiger partial charge in [0.15, 0.2) is 0 Å². The summed E-state index contributed by atoms with van der Waals surface area (Å²) in [5.41, 5.74) is 0.329. The van der Waals surface area contributed by atoms with Crippen molar-refractivity contribution in [1.29, 1.82) is 0 Å². The Labute approximate surface area is 148 Å². The fraction of sp³-hybridized carbons (Fsp3) is 0.588. The van der Waals surface area contributed by atoms with Gasteiger partial charge in [0.2, 0.25) is 0 Å². The van der Waals surface area contributed by atoms with E-state index < -0.39 is 11.9 Å². The summed E-state index contributed by atoms with van der Waals surface area (Å²) in [6, 6.07) is 4.64. The predicted molar refractivity (Wildman–Crippen MR) is 93.3 cm³/mol. The molecular weight excluding hydrogens is 335 g/mol. The summed E-state index contributed by atoms with van der Waals surface area (Å²) < 4.78 is 24.6. The highest BCUT2D eigenvalue weighted by atomic mass is 35.5. The van der Waals surface area contributed by atoms with Crippen LogP contribution in [0.3, 0.4) is 0 Å². The molecule has 7 heteroatoms. The minimum atomic E-state index is -0.394.